The minimum atomic E-state index is -0.645. The van der Waals surface area contributed by atoms with Crippen molar-refractivity contribution >= 4 is 17.3 Å². The number of nitrogens with zero attached hydrogens (tertiary/aromatic N) is 2. The number of nitrogens with one attached hydrogen (secondary N) is 2. The Hall–Kier alpha value is -2.24. The van der Waals surface area contributed by atoms with Gasteiger partial charge >= 0.3 is 0 Å². The van der Waals surface area contributed by atoms with E-state index < -0.39 is 11.6 Å². The van der Waals surface area contributed by atoms with Gasteiger partial charge in [-0.3, -0.25) is 4.98 Å². The van der Waals surface area contributed by atoms with Gasteiger partial charge in [0.1, 0.15) is 17.5 Å². The molecule has 2 aromatic rings. The van der Waals surface area contributed by atoms with Crippen LogP contribution in [0, 0.1) is 11.6 Å². The second-order valence-corrected chi connectivity index (χ2v) is 3.60. The van der Waals surface area contributed by atoms with Crippen molar-refractivity contribution in [3.05, 3.63) is 42.2 Å². The van der Waals surface area contributed by atoms with Gasteiger partial charge in [-0.2, -0.15) is 0 Å². The molecule has 1 aromatic heterocycles. The maximum Gasteiger partial charge on any atom is 0.151 e. The van der Waals surface area contributed by atoms with Crippen molar-refractivity contribution < 1.29 is 8.78 Å². The number of benzene rings is 1. The molecule has 0 unspecified atom stereocenters. The van der Waals surface area contributed by atoms with E-state index in [2.05, 4.69) is 20.6 Å². The first-order chi connectivity index (χ1) is 8.67. The fourth-order valence-corrected chi connectivity index (χ4v) is 1.47. The highest BCUT2D eigenvalue weighted by Crippen LogP contribution is 2.17. The molecule has 1 aromatic carbocycles. The molecule has 18 heavy (non-hydrogen) atoms. The highest BCUT2D eigenvalue weighted by Gasteiger charge is 2.02. The first-order valence-corrected chi connectivity index (χ1v) is 5.46. The molecule has 1 heterocycles. The van der Waals surface area contributed by atoms with Crippen molar-refractivity contribution in [1.29, 1.82) is 0 Å². The molecule has 0 aliphatic rings. The van der Waals surface area contributed by atoms with Gasteiger partial charge in [0, 0.05) is 18.3 Å². The summed E-state index contributed by atoms with van der Waals surface area (Å²) in [4.78, 5) is 8.16. The van der Waals surface area contributed by atoms with Crippen molar-refractivity contribution in [3.63, 3.8) is 0 Å². The summed E-state index contributed by atoms with van der Waals surface area (Å²) in [5.41, 5.74) is 0.287. The quantitative estimate of drug-likeness (QED) is 0.876. The standard InChI is InChI=1S/C12H12F2N4/c1-2-16-11-6-15-7-12(18-11)17-10-4-8(13)3-9(14)5-10/h3-7H,2H2,1H3,(H2,16,17,18). The van der Waals surface area contributed by atoms with Crippen molar-refractivity contribution in [2.24, 2.45) is 0 Å². The van der Waals surface area contributed by atoms with Gasteiger partial charge in [-0.05, 0) is 19.1 Å². The topological polar surface area (TPSA) is 49.8 Å². The summed E-state index contributed by atoms with van der Waals surface area (Å²) < 4.78 is 26.0. The minimum Gasteiger partial charge on any atom is -0.369 e. The van der Waals surface area contributed by atoms with Crippen LogP contribution >= 0.6 is 0 Å². The van der Waals surface area contributed by atoms with E-state index in [9.17, 15) is 8.78 Å². The monoisotopic (exact) mass is 250 g/mol. The Bertz CT molecular complexity index is 525. The third-order valence-corrected chi connectivity index (χ3v) is 2.13. The summed E-state index contributed by atoms with van der Waals surface area (Å²) in [6, 6.07) is 3.18. The summed E-state index contributed by atoms with van der Waals surface area (Å²) in [5, 5.41) is 5.79. The second-order valence-electron chi connectivity index (χ2n) is 3.60. The number of hydrogen-bond acceptors (Lipinski definition) is 4. The van der Waals surface area contributed by atoms with Crippen LogP contribution in [0.3, 0.4) is 0 Å². The van der Waals surface area contributed by atoms with E-state index in [0.29, 0.717) is 18.2 Å². The van der Waals surface area contributed by atoms with Crippen LogP contribution in [0.1, 0.15) is 6.92 Å². The third kappa shape index (κ3) is 3.13. The third-order valence-electron chi connectivity index (χ3n) is 2.13. The zero-order valence-corrected chi connectivity index (χ0v) is 9.74. The molecular weight excluding hydrogens is 238 g/mol. The van der Waals surface area contributed by atoms with Crippen molar-refractivity contribution in [3.8, 4) is 0 Å². The molecule has 0 fully saturated rings. The smallest absolute Gasteiger partial charge is 0.151 e. The lowest BCUT2D eigenvalue weighted by Gasteiger charge is -2.07. The summed E-state index contributed by atoms with van der Waals surface area (Å²) in [6.45, 7) is 2.65. The van der Waals surface area contributed by atoms with Crippen LogP contribution in [0.25, 0.3) is 0 Å². The Morgan fingerprint density at radius 1 is 1.06 bits per heavy atom. The van der Waals surface area contributed by atoms with Crippen LogP contribution < -0.4 is 10.6 Å². The van der Waals surface area contributed by atoms with Crippen molar-refractivity contribution in [2.75, 3.05) is 17.2 Å². The Kier molecular flexibility index (Phi) is 3.66. The van der Waals surface area contributed by atoms with Crippen LogP contribution in [-0.2, 0) is 0 Å². The largest absolute Gasteiger partial charge is 0.369 e. The predicted octanol–water partition coefficient (Wildman–Crippen LogP) is 2.93. The van der Waals surface area contributed by atoms with Crippen LogP contribution in [0.5, 0.6) is 0 Å². The molecule has 94 valence electrons. The Labute approximate surface area is 103 Å². The maximum absolute atomic E-state index is 13.0. The Morgan fingerprint density at radius 2 is 1.72 bits per heavy atom. The fourth-order valence-electron chi connectivity index (χ4n) is 1.47. The molecule has 6 heteroatoms. The molecule has 0 saturated carbocycles. The van der Waals surface area contributed by atoms with Gasteiger partial charge in [-0.25, -0.2) is 13.8 Å². The lowest BCUT2D eigenvalue weighted by Crippen LogP contribution is -2.02. The first kappa shape index (κ1) is 12.2. The normalized spacial score (nSPS) is 10.2. The average Bonchev–Trinajstić information content (AvgIpc) is 2.28. The summed E-state index contributed by atoms with van der Waals surface area (Å²) in [5.74, 6) is -0.278. The fraction of sp³-hybridized carbons (Fsp3) is 0.167. The lowest BCUT2D eigenvalue weighted by molar-refractivity contribution is 0.584. The van der Waals surface area contributed by atoms with Crippen LogP contribution in [0.15, 0.2) is 30.6 Å². The van der Waals surface area contributed by atoms with E-state index in [1.54, 1.807) is 6.20 Å². The molecule has 0 aliphatic heterocycles. The van der Waals surface area contributed by atoms with E-state index in [0.717, 1.165) is 6.07 Å². The molecule has 2 N–H and O–H groups in total. The highest BCUT2D eigenvalue weighted by molar-refractivity contribution is 5.56. The highest BCUT2D eigenvalue weighted by atomic mass is 19.1. The summed E-state index contributed by atoms with van der Waals surface area (Å²) in [6.07, 6.45) is 3.05. The zero-order valence-electron chi connectivity index (χ0n) is 9.74. The minimum absolute atomic E-state index is 0.287. The van der Waals surface area contributed by atoms with E-state index in [1.807, 2.05) is 6.92 Å². The number of hydrogen-bond donors (Lipinski definition) is 2. The van der Waals surface area contributed by atoms with Crippen LogP contribution in [-0.4, -0.2) is 16.5 Å². The SMILES string of the molecule is CCNc1cncc(Nc2cc(F)cc(F)c2)n1. The molecule has 2 rings (SSSR count). The van der Waals surface area contributed by atoms with Gasteiger partial charge in [0.25, 0.3) is 0 Å². The van der Waals surface area contributed by atoms with Gasteiger partial charge in [0.2, 0.25) is 0 Å². The molecule has 0 amide bonds. The maximum atomic E-state index is 13.0. The Morgan fingerprint density at radius 3 is 2.39 bits per heavy atom. The molecule has 0 saturated heterocycles. The zero-order chi connectivity index (χ0) is 13.0. The molecule has 4 nitrogen and oxygen atoms in total. The van der Waals surface area contributed by atoms with Crippen LogP contribution in [0.2, 0.25) is 0 Å². The van der Waals surface area contributed by atoms with E-state index in [4.69, 9.17) is 0 Å². The second kappa shape index (κ2) is 5.39. The van der Waals surface area contributed by atoms with Crippen molar-refractivity contribution in [1.82, 2.24) is 9.97 Å². The van der Waals surface area contributed by atoms with E-state index >= 15 is 0 Å². The van der Waals surface area contributed by atoms with Gasteiger partial charge in [0.15, 0.2) is 5.82 Å². The lowest BCUT2D eigenvalue weighted by atomic mass is 10.3. The summed E-state index contributed by atoms with van der Waals surface area (Å²) in [7, 11) is 0. The van der Waals surface area contributed by atoms with Gasteiger partial charge < -0.3 is 10.6 Å². The molecule has 0 radical (unpaired) electrons. The summed E-state index contributed by atoms with van der Waals surface area (Å²) >= 11 is 0. The number of anilines is 3. The molecular formula is C12H12F2N4. The number of halogens is 2. The average molecular weight is 250 g/mol. The van der Waals surface area contributed by atoms with E-state index in [-0.39, 0.29) is 5.69 Å². The molecule has 0 spiro atoms. The number of aromatic nitrogens is 2. The van der Waals surface area contributed by atoms with Gasteiger partial charge in [-0.15, -0.1) is 0 Å². The predicted molar refractivity (Wildman–Crippen MR) is 65.8 cm³/mol. The number of rotatable bonds is 4. The molecule has 0 bridgehead atoms. The van der Waals surface area contributed by atoms with Gasteiger partial charge in [-0.1, -0.05) is 0 Å². The molecule has 0 aliphatic carbocycles. The van der Waals surface area contributed by atoms with Crippen LogP contribution in [0.4, 0.5) is 26.1 Å². The Balaban J connectivity index is 2.20. The first-order valence-electron chi connectivity index (χ1n) is 5.46. The van der Waals surface area contributed by atoms with Gasteiger partial charge in [0.05, 0.1) is 12.4 Å². The van der Waals surface area contributed by atoms with E-state index in [1.165, 1.54) is 18.3 Å². The molecule has 0 atom stereocenters. The van der Waals surface area contributed by atoms with Crippen molar-refractivity contribution in [2.45, 2.75) is 6.92 Å².